The molecule has 0 spiro atoms. The Morgan fingerprint density at radius 1 is 1.29 bits per heavy atom. The van der Waals surface area contributed by atoms with Crippen LogP contribution in [0.3, 0.4) is 0 Å². The molecular formula is C15H23NO. The topological polar surface area (TPSA) is 32.3 Å². The lowest BCUT2D eigenvalue weighted by atomic mass is 10.0. The van der Waals surface area contributed by atoms with Gasteiger partial charge in [-0.15, -0.1) is 0 Å². The number of aryl methyl sites for hydroxylation is 2. The summed E-state index contributed by atoms with van der Waals surface area (Å²) in [6, 6.07) is 6.61. The zero-order chi connectivity index (χ0) is 12.3. The van der Waals surface area contributed by atoms with Crippen LogP contribution in [0.1, 0.15) is 36.0 Å². The van der Waals surface area contributed by atoms with Crippen molar-refractivity contribution in [2.24, 2.45) is 5.41 Å². The molecule has 1 aromatic rings. The zero-order valence-corrected chi connectivity index (χ0v) is 10.9. The summed E-state index contributed by atoms with van der Waals surface area (Å²) >= 11 is 0. The van der Waals surface area contributed by atoms with Crippen LogP contribution in [0.2, 0.25) is 0 Å². The van der Waals surface area contributed by atoms with Crippen molar-refractivity contribution >= 4 is 0 Å². The van der Waals surface area contributed by atoms with Crippen LogP contribution in [-0.4, -0.2) is 18.3 Å². The summed E-state index contributed by atoms with van der Waals surface area (Å²) in [6.45, 7) is 6.61. The van der Waals surface area contributed by atoms with Gasteiger partial charge in [0.15, 0.2) is 0 Å². The molecule has 1 saturated carbocycles. The largest absolute Gasteiger partial charge is 0.396 e. The Morgan fingerprint density at radius 2 is 2.06 bits per heavy atom. The van der Waals surface area contributed by atoms with Crippen LogP contribution in [0, 0.1) is 19.3 Å². The summed E-state index contributed by atoms with van der Waals surface area (Å²) in [6.07, 6.45) is 3.49. The average Bonchev–Trinajstić information content (AvgIpc) is 3.04. The highest BCUT2D eigenvalue weighted by Crippen LogP contribution is 2.47. The van der Waals surface area contributed by atoms with Crippen LogP contribution in [-0.2, 0) is 6.54 Å². The van der Waals surface area contributed by atoms with E-state index in [4.69, 9.17) is 5.11 Å². The van der Waals surface area contributed by atoms with Crippen LogP contribution in [0.15, 0.2) is 18.2 Å². The molecule has 0 bridgehead atoms. The van der Waals surface area contributed by atoms with Crippen LogP contribution >= 0.6 is 0 Å². The summed E-state index contributed by atoms with van der Waals surface area (Å²) in [4.78, 5) is 0. The van der Waals surface area contributed by atoms with Crippen LogP contribution in [0.25, 0.3) is 0 Å². The van der Waals surface area contributed by atoms with Gasteiger partial charge in [-0.2, -0.15) is 0 Å². The second-order valence-electron chi connectivity index (χ2n) is 5.51. The molecule has 1 aliphatic rings. The lowest BCUT2D eigenvalue weighted by Gasteiger charge is -2.15. The maximum Gasteiger partial charge on any atom is 0.0436 e. The SMILES string of the molecule is Cc1ccc(C)c(CNCC2(CCO)CC2)c1. The molecular weight excluding hydrogens is 210 g/mol. The molecule has 1 fully saturated rings. The van der Waals surface area contributed by atoms with Gasteiger partial charge in [-0.3, -0.25) is 0 Å². The molecule has 0 unspecified atom stereocenters. The van der Waals surface area contributed by atoms with Crippen LogP contribution in [0.4, 0.5) is 0 Å². The van der Waals surface area contributed by atoms with Gasteiger partial charge < -0.3 is 10.4 Å². The van der Waals surface area contributed by atoms with Gasteiger partial charge in [0.2, 0.25) is 0 Å². The van der Waals surface area contributed by atoms with Gasteiger partial charge in [0.25, 0.3) is 0 Å². The van der Waals surface area contributed by atoms with Crippen molar-refractivity contribution in [1.82, 2.24) is 5.32 Å². The van der Waals surface area contributed by atoms with E-state index < -0.39 is 0 Å². The van der Waals surface area contributed by atoms with Gasteiger partial charge in [-0.1, -0.05) is 23.8 Å². The lowest BCUT2D eigenvalue weighted by molar-refractivity contribution is 0.245. The Bertz CT molecular complexity index is 383. The normalized spacial score (nSPS) is 17.1. The van der Waals surface area contributed by atoms with Crippen molar-refractivity contribution in [2.45, 2.75) is 39.7 Å². The fourth-order valence-corrected chi connectivity index (χ4v) is 2.38. The Hall–Kier alpha value is -0.860. The minimum absolute atomic E-state index is 0.325. The molecule has 2 N–H and O–H groups in total. The minimum atomic E-state index is 0.325. The molecule has 1 aromatic carbocycles. The van der Waals surface area contributed by atoms with E-state index in [0.29, 0.717) is 12.0 Å². The molecule has 0 heterocycles. The second kappa shape index (κ2) is 5.19. The summed E-state index contributed by atoms with van der Waals surface area (Å²) in [5.41, 5.74) is 4.48. The molecule has 0 atom stereocenters. The number of rotatable bonds is 6. The minimum Gasteiger partial charge on any atom is -0.396 e. The standard InChI is InChI=1S/C15H23NO/c1-12-3-4-13(2)14(9-12)10-16-11-15(5-6-15)7-8-17/h3-4,9,16-17H,5-8,10-11H2,1-2H3. The monoisotopic (exact) mass is 233 g/mol. The molecule has 1 aliphatic carbocycles. The van der Waals surface area contributed by atoms with E-state index in [9.17, 15) is 0 Å². The van der Waals surface area contributed by atoms with Crippen molar-refractivity contribution in [2.75, 3.05) is 13.2 Å². The van der Waals surface area contributed by atoms with Gasteiger partial charge in [-0.25, -0.2) is 0 Å². The summed E-state index contributed by atoms with van der Waals surface area (Å²) in [7, 11) is 0. The number of aliphatic hydroxyl groups is 1. The third-order valence-electron chi connectivity index (χ3n) is 3.92. The fourth-order valence-electron chi connectivity index (χ4n) is 2.38. The van der Waals surface area contributed by atoms with Crippen LogP contribution in [0.5, 0.6) is 0 Å². The molecule has 2 nitrogen and oxygen atoms in total. The van der Waals surface area contributed by atoms with Gasteiger partial charge in [-0.05, 0) is 49.7 Å². The average molecular weight is 233 g/mol. The van der Waals surface area contributed by atoms with E-state index in [1.54, 1.807) is 0 Å². The van der Waals surface area contributed by atoms with E-state index >= 15 is 0 Å². The van der Waals surface area contributed by atoms with Crippen molar-refractivity contribution in [3.8, 4) is 0 Å². The molecule has 0 saturated heterocycles. The molecule has 17 heavy (non-hydrogen) atoms. The summed E-state index contributed by atoms with van der Waals surface area (Å²) in [5.74, 6) is 0. The Kier molecular flexibility index (Phi) is 3.85. The maximum absolute atomic E-state index is 9.01. The third-order valence-corrected chi connectivity index (χ3v) is 3.92. The fraction of sp³-hybridized carbons (Fsp3) is 0.600. The first-order chi connectivity index (χ1) is 8.15. The molecule has 0 aliphatic heterocycles. The first kappa shape index (κ1) is 12.6. The summed E-state index contributed by atoms with van der Waals surface area (Å²) in [5, 5.41) is 12.6. The first-order valence-corrected chi connectivity index (χ1v) is 6.53. The number of benzene rings is 1. The van der Waals surface area contributed by atoms with Crippen molar-refractivity contribution in [3.63, 3.8) is 0 Å². The second-order valence-corrected chi connectivity index (χ2v) is 5.51. The quantitative estimate of drug-likeness (QED) is 0.791. The molecule has 0 amide bonds. The highest BCUT2D eigenvalue weighted by atomic mass is 16.3. The molecule has 2 rings (SSSR count). The molecule has 0 aromatic heterocycles. The van der Waals surface area contributed by atoms with E-state index in [-0.39, 0.29) is 0 Å². The van der Waals surface area contributed by atoms with Gasteiger partial charge in [0, 0.05) is 19.7 Å². The Balaban J connectivity index is 1.84. The predicted octanol–water partition coefficient (Wildman–Crippen LogP) is 2.56. The number of nitrogens with one attached hydrogen (secondary N) is 1. The Labute approximate surface area is 104 Å². The lowest BCUT2D eigenvalue weighted by Crippen LogP contribution is -2.24. The van der Waals surface area contributed by atoms with Gasteiger partial charge >= 0.3 is 0 Å². The van der Waals surface area contributed by atoms with Crippen molar-refractivity contribution < 1.29 is 5.11 Å². The highest BCUT2D eigenvalue weighted by molar-refractivity contribution is 5.30. The van der Waals surface area contributed by atoms with Crippen molar-refractivity contribution in [3.05, 3.63) is 34.9 Å². The molecule has 2 heteroatoms. The zero-order valence-electron chi connectivity index (χ0n) is 10.9. The van der Waals surface area contributed by atoms with E-state index in [0.717, 1.165) is 19.5 Å². The third kappa shape index (κ3) is 3.30. The Morgan fingerprint density at radius 3 is 2.71 bits per heavy atom. The summed E-state index contributed by atoms with van der Waals surface area (Å²) < 4.78 is 0. The van der Waals surface area contributed by atoms with Gasteiger partial charge in [0.1, 0.15) is 0 Å². The first-order valence-electron chi connectivity index (χ1n) is 6.53. The number of hydrogen-bond acceptors (Lipinski definition) is 2. The van der Waals surface area contributed by atoms with E-state index in [2.05, 4.69) is 37.4 Å². The number of aliphatic hydroxyl groups excluding tert-OH is 1. The van der Waals surface area contributed by atoms with Crippen molar-refractivity contribution in [1.29, 1.82) is 0 Å². The maximum atomic E-state index is 9.01. The smallest absolute Gasteiger partial charge is 0.0436 e. The van der Waals surface area contributed by atoms with Gasteiger partial charge in [0.05, 0.1) is 0 Å². The predicted molar refractivity (Wildman–Crippen MR) is 71.0 cm³/mol. The molecule has 94 valence electrons. The highest BCUT2D eigenvalue weighted by Gasteiger charge is 2.41. The van der Waals surface area contributed by atoms with E-state index in [1.807, 2.05) is 0 Å². The number of hydrogen-bond donors (Lipinski definition) is 2. The van der Waals surface area contributed by atoms with E-state index in [1.165, 1.54) is 29.5 Å². The van der Waals surface area contributed by atoms with Crippen LogP contribution < -0.4 is 5.32 Å². The molecule has 0 radical (unpaired) electrons.